The van der Waals surface area contributed by atoms with Gasteiger partial charge in [-0.3, -0.25) is 4.79 Å². The summed E-state index contributed by atoms with van der Waals surface area (Å²) in [6.45, 7) is 8.71. The lowest BCUT2D eigenvalue weighted by molar-refractivity contribution is -0.143. The molecule has 0 heterocycles. The fourth-order valence-corrected chi connectivity index (χ4v) is 2.03. The van der Waals surface area contributed by atoms with Crippen LogP contribution >= 0.6 is 0 Å². The Morgan fingerprint density at radius 1 is 1.21 bits per heavy atom. The predicted molar refractivity (Wildman–Crippen MR) is 75.3 cm³/mol. The molecular formula is C15H23NO3. The van der Waals surface area contributed by atoms with Gasteiger partial charge in [-0.25, -0.2) is 0 Å². The molecule has 0 aliphatic carbocycles. The van der Waals surface area contributed by atoms with Crippen LogP contribution in [0.25, 0.3) is 0 Å². The van der Waals surface area contributed by atoms with Crippen LogP contribution in [0.15, 0.2) is 12.1 Å². The molecule has 1 atom stereocenters. The summed E-state index contributed by atoms with van der Waals surface area (Å²) in [6.07, 6.45) is 0.197. The second kappa shape index (κ2) is 7.14. The third-order valence-electron chi connectivity index (χ3n) is 2.95. The number of esters is 1. The minimum atomic E-state index is -0.339. The average Bonchev–Trinajstić information content (AvgIpc) is 2.33. The van der Waals surface area contributed by atoms with Gasteiger partial charge in [0.2, 0.25) is 0 Å². The number of aryl methyl sites for hydroxylation is 2. The normalized spacial score (nSPS) is 12.1. The van der Waals surface area contributed by atoms with Crippen LogP contribution < -0.4 is 10.5 Å². The van der Waals surface area contributed by atoms with E-state index >= 15 is 0 Å². The number of carbonyl (C=O) groups excluding carboxylic acids is 1. The van der Waals surface area contributed by atoms with Gasteiger partial charge in [0, 0.05) is 6.04 Å². The Morgan fingerprint density at radius 2 is 1.89 bits per heavy atom. The second-order valence-corrected chi connectivity index (χ2v) is 4.52. The molecule has 0 saturated carbocycles. The molecule has 19 heavy (non-hydrogen) atoms. The lowest BCUT2D eigenvalue weighted by Crippen LogP contribution is -2.18. The summed E-state index contributed by atoms with van der Waals surface area (Å²) >= 11 is 0. The highest BCUT2D eigenvalue weighted by molar-refractivity contribution is 5.70. The summed E-state index contributed by atoms with van der Waals surface area (Å²) in [5.41, 5.74) is 9.11. The van der Waals surface area contributed by atoms with Crippen LogP contribution in [0.1, 0.15) is 43.0 Å². The summed E-state index contributed by atoms with van der Waals surface area (Å²) in [5.74, 6) is 0.605. The Labute approximate surface area is 114 Å². The van der Waals surface area contributed by atoms with Crippen LogP contribution in [0.3, 0.4) is 0 Å². The molecule has 1 aromatic rings. The van der Waals surface area contributed by atoms with Crippen molar-refractivity contribution in [1.82, 2.24) is 0 Å². The van der Waals surface area contributed by atoms with E-state index in [0.717, 1.165) is 22.4 Å². The average molecular weight is 265 g/mol. The zero-order valence-corrected chi connectivity index (χ0v) is 12.2. The fraction of sp³-hybridized carbons (Fsp3) is 0.533. The van der Waals surface area contributed by atoms with Gasteiger partial charge in [-0.2, -0.15) is 0 Å². The smallest absolute Gasteiger partial charge is 0.307 e. The van der Waals surface area contributed by atoms with Gasteiger partial charge in [-0.05, 0) is 50.5 Å². The molecule has 106 valence electrons. The van der Waals surface area contributed by atoms with Gasteiger partial charge in [0.25, 0.3) is 0 Å². The number of nitrogens with two attached hydrogens (primary N) is 1. The molecule has 0 aliphatic rings. The molecule has 0 fully saturated rings. The van der Waals surface area contributed by atoms with Crippen molar-refractivity contribution >= 4 is 5.97 Å². The fourth-order valence-electron chi connectivity index (χ4n) is 2.03. The van der Waals surface area contributed by atoms with Crippen molar-refractivity contribution in [2.45, 2.75) is 40.2 Å². The lowest BCUT2D eigenvalue weighted by atomic mass is 9.97. The third-order valence-corrected chi connectivity index (χ3v) is 2.95. The summed E-state index contributed by atoms with van der Waals surface area (Å²) in [4.78, 5) is 11.5. The zero-order valence-electron chi connectivity index (χ0n) is 12.2. The van der Waals surface area contributed by atoms with Gasteiger partial charge in [0.1, 0.15) is 5.75 Å². The molecule has 0 bridgehead atoms. The van der Waals surface area contributed by atoms with Crippen molar-refractivity contribution < 1.29 is 14.3 Å². The van der Waals surface area contributed by atoms with Gasteiger partial charge in [-0.15, -0.1) is 0 Å². The Hall–Kier alpha value is -1.55. The zero-order chi connectivity index (χ0) is 14.4. The first kappa shape index (κ1) is 15.5. The SMILES string of the molecule is CCOC(=O)CC(N)c1cc(C)c(OCC)cc1C. The van der Waals surface area contributed by atoms with Crippen molar-refractivity contribution in [3.63, 3.8) is 0 Å². The van der Waals surface area contributed by atoms with E-state index in [9.17, 15) is 4.79 Å². The summed E-state index contributed by atoms with van der Waals surface area (Å²) < 4.78 is 10.5. The van der Waals surface area contributed by atoms with Crippen molar-refractivity contribution in [2.24, 2.45) is 5.73 Å². The molecule has 0 saturated heterocycles. The first-order valence-electron chi connectivity index (χ1n) is 6.64. The molecule has 0 aliphatic heterocycles. The minimum absolute atomic E-state index is 0.197. The molecule has 4 nitrogen and oxygen atoms in total. The minimum Gasteiger partial charge on any atom is -0.494 e. The highest BCUT2D eigenvalue weighted by atomic mass is 16.5. The van der Waals surface area contributed by atoms with Crippen molar-refractivity contribution in [2.75, 3.05) is 13.2 Å². The molecule has 0 radical (unpaired) electrons. The highest BCUT2D eigenvalue weighted by Crippen LogP contribution is 2.27. The Bertz CT molecular complexity index is 443. The Morgan fingerprint density at radius 3 is 2.47 bits per heavy atom. The van der Waals surface area contributed by atoms with Crippen molar-refractivity contribution in [3.8, 4) is 5.75 Å². The number of hydrogen-bond donors (Lipinski definition) is 1. The molecule has 1 rings (SSSR count). The Kier molecular flexibility index (Phi) is 5.83. The van der Waals surface area contributed by atoms with Crippen LogP contribution in [-0.2, 0) is 9.53 Å². The maximum Gasteiger partial charge on any atom is 0.307 e. The van der Waals surface area contributed by atoms with Crippen LogP contribution in [0.5, 0.6) is 5.75 Å². The number of hydrogen-bond acceptors (Lipinski definition) is 4. The molecule has 1 unspecified atom stereocenters. The summed E-state index contributed by atoms with van der Waals surface area (Å²) in [5, 5.41) is 0. The lowest BCUT2D eigenvalue weighted by Gasteiger charge is -2.17. The molecular weight excluding hydrogens is 242 g/mol. The molecule has 1 aromatic carbocycles. The van der Waals surface area contributed by atoms with E-state index in [1.807, 2.05) is 32.9 Å². The number of rotatable bonds is 6. The van der Waals surface area contributed by atoms with Gasteiger partial charge in [0.05, 0.1) is 19.6 Å². The first-order valence-corrected chi connectivity index (χ1v) is 6.64. The monoisotopic (exact) mass is 265 g/mol. The van der Waals surface area contributed by atoms with Gasteiger partial charge < -0.3 is 15.2 Å². The second-order valence-electron chi connectivity index (χ2n) is 4.52. The standard InChI is InChI=1S/C15H23NO3/c1-5-18-14-8-10(3)12(7-11(14)4)13(16)9-15(17)19-6-2/h7-8,13H,5-6,9,16H2,1-4H3. The van der Waals surface area contributed by atoms with Gasteiger partial charge in [-0.1, -0.05) is 6.07 Å². The number of ether oxygens (including phenoxy) is 2. The van der Waals surface area contributed by atoms with Gasteiger partial charge >= 0.3 is 5.97 Å². The van der Waals surface area contributed by atoms with E-state index in [1.54, 1.807) is 6.92 Å². The van der Waals surface area contributed by atoms with Crippen molar-refractivity contribution in [3.05, 3.63) is 28.8 Å². The van der Waals surface area contributed by atoms with E-state index < -0.39 is 0 Å². The van der Waals surface area contributed by atoms with E-state index in [-0.39, 0.29) is 18.4 Å². The molecule has 2 N–H and O–H groups in total. The number of benzene rings is 1. The highest BCUT2D eigenvalue weighted by Gasteiger charge is 2.16. The quantitative estimate of drug-likeness (QED) is 0.803. The maximum absolute atomic E-state index is 11.5. The number of carbonyl (C=O) groups is 1. The van der Waals surface area contributed by atoms with E-state index in [1.165, 1.54) is 0 Å². The molecule has 0 amide bonds. The molecule has 4 heteroatoms. The Balaban J connectivity index is 2.88. The van der Waals surface area contributed by atoms with Crippen LogP contribution in [0.2, 0.25) is 0 Å². The summed E-state index contributed by atoms with van der Waals surface area (Å²) in [6, 6.07) is 3.62. The molecule has 0 spiro atoms. The first-order chi connectivity index (χ1) is 8.99. The van der Waals surface area contributed by atoms with E-state index in [0.29, 0.717) is 13.2 Å². The predicted octanol–water partition coefficient (Wildman–Crippen LogP) is 2.66. The molecule has 0 aromatic heterocycles. The van der Waals surface area contributed by atoms with E-state index in [4.69, 9.17) is 15.2 Å². The van der Waals surface area contributed by atoms with Crippen molar-refractivity contribution in [1.29, 1.82) is 0 Å². The third kappa shape index (κ3) is 4.24. The topological polar surface area (TPSA) is 61.5 Å². The summed E-state index contributed by atoms with van der Waals surface area (Å²) in [7, 11) is 0. The van der Waals surface area contributed by atoms with E-state index in [2.05, 4.69) is 0 Å². The van der Waals surface area contributed by atoms with Gasteiger partial charge in [0.15, 0.2) is 0 Å². The van der Waals surface area contributed by atoms with Crippen LogP contribution in [0, 0.1) is 13.8 Å². The largest absolute Gasteiger partial charge is 0.494 e. The van der Waals surface area contributed by atoms with Crippen LogP contribution in [0.4, 0.5) is 0 Å². The van der Waals surface area contributed by atoms with Crippen LogP contribution in [-0.4, -0.2) is 19.2 Å². The maximum atomic E-state index is 11.5.